The lowest BCUT2D eigenvalue weighted by molar-refractivity contribution is 0.826. The summed E-state index contributed by atoms with van der Waals surface area (Å²) in [5, 5.41) is 0. The van der Waals surface area contributed by atoms with Gasteiger partial charge in [-0.15, -0.1) is 0 Å². The summed E-state index contributed by atoms with van der Waals surface area (Å²) in [6.45, 7) is 4.01. The molecule has 0 bridgehead atoms. The minimum absolute atomic E-state index is 0.0107. The number of hydrogen-bond acceptors (Lipinski definition) is 2. The standard InChI is InChI=1S/C7H16N2/c1-3-4-5-7(9)6(2)8/h5-6H,3-4,8-9H2,1-2H3/b7-5+. The van der Waals surface area contributed by atoms with E-state index in [2.05, 4.69) is 6.92 Å². The smallest absolute Gasteiger partial charge is 0.0410 e. The minimum atomic E-state index is 0.0107. The number of unbranched alkanes of at least 4 members (excludes halogenated alkanes) is 1. The van der Waals surface area contributed by atoms with E-state index in [4.69, 9.17) is 11.5 Å². The molecule has 2 heteroatoms. The highest BCUT2D eigenvalue weighted by atomic mass is 14.7. The fourth-order valence-electron chi connectivity index (χ4n) is 0.497. The van der Waals surface area contributed by atoms with Crippen LogP contribution in [0.25, 0.3) is 0 Å². The molecule has 0 spiro atoms. The van der Waals surface area contributed by atoms with Gasteiger partial charge < -0.3 is 11.5 Å². The Balaban J connectivity index is 3.55. The van der Waals surface area contributed by atoms with Gasteiger partial charge in [0.25, 0.3) is 0 Å². The van der Waals surface area contributed by atoms with Crippen LogP contribution in [-0.4, -0.2) is 6.04 Å². The number of allylic oxidation sites excluding steroid dienone is 1. The third-order valence-electron chi connectivity index (χ3n) is 1.19. The number of hydrogen-bond donors (Lipinski definition) is 2. The fourth-order valence-corrected chi connectivity index (χ4v) is 0.497. The maximum Gasteiger partial charge on any atom is 0.0410 e. The molecular formula is C7H16N2. The quantitative estimate of drug-likeness (QED) is 0.595. The zero-order chi connectivity index (χ0) is 7.28. The van der Waals surface area contributed by atoms with Gasteiger partial charge in [-0.1, -0.05) is 19.4 Å². The number of rotatable bonds is 3. The molecule has 1 atom stereocenters. The highest BCUT2D eigenvalue weighted by molar-refractivity contribution is 5.02. The Labute approximate surface area is 56.9 Å². The molecule has 0 saturated heterocycles. The fraction of sp³-hybridized carbons (Fsp3) is 0.714. The van der Waals surface area contributed by atoms with E-state index in [-0.39, 0.29) is 6.04 Å². The first-order chi connectivity index (χ1) is 4.18. The molecule has 0 aromatic heterocycles. The van der Waals surface area contributed by atoms with Gasteiger partial charge in [-0.25, -0.2) is 0 Å². The van der Waals surface area contributed by atoms with Crippen molar-refractivity contribution in [3.05, 3.63) is 11.8 Å². The Morgan fingerprint density at radius 2 is 2.22 bits per heavy atom. The predicted molar refractivity (Wildman–Crippen MR) is 40.8 cm³/mol. The van der Waals surface area contributed by atoms with Crippen LogP contribution in [0.15, 0.2) is 11.8 Å². The summed E-state index contributed by atoms with van der Waals surface area (Å²) in [7, 11) is 0. The zero-order valence-corrected chi connectivity index (χ0v) is 6.22. The lowest BCUT2D eigenvalue weighted by atomic mass is 10.2. The SMILES string of the molecule is CCC/C=C(/N)C(C)N. The monoisotopic (exact) mass is 128 g/mol. The predicted octanol–water partition coefficient (Wildman–Crippen LogP) is 0.976. The minimum Gasteiger partial charge on any atom is -0.401 e. The molecule has 0 saturated carbocycles. The molecule has 4 N–H and O–H groups in total. The van der Waals surface area contributed by atoms with Crippen molar-refractivity contribution in [1.82, 2.24) is 0 Å². The summed E-state index contributed by atoms with van der Waals surface area (Å²) < 4.78 is 0. The second-order valence-corrected chi connectivity index (χ2v) is 2.28. The first-order valence-electron chi connectivity index (χ1n) is 3.39. The number of nitrogens with two attached hydrogens (primary N) is 2. The van der Waals surface area contributed by atoms with Gasteiger partial charge in [0, 0.05) is 11.7 Å². The van der Waals surface area contributed by atoms with Crippen molar-refractivity contribution in [1.29, 1.82) is 0 Å². The van der Waals surface area contributed by atoms with Gasteiger partial charge in [-0.2, -0.15) is 0 Å². The molecule has 0 fully saturated rings. The Morgan fingerprint density at radius 1 is 1.67 bits per heavy atom. The lowest BCUT2D eigenvalue weighted by Crippen LogP contribution is -2.23. The maximum atomic E-state index is 5.54. The summed E-state index contributed by atoms with van der Waals surface area (Å²) in [6, 6.07) is 0.0107. The van der Waals surface area contributed by atoms with Crippen LogP contribution in [0, 0.1) is 0 Å². The molecule has 0 aromatic carbocycles. The van der Waals surface area contributed by atoms with Crippen molar-refractivity contribution < 1.29 is 0 Å². The molecule has 1 unspecified atom stereocenters. The molecule has 0 rings (SSSR count). The molecule has 0 amide bonds. The third kappa shape index (κ3) is 4.03. The average Bonchev–Trinajstić information content (AvgIpc) is 1.82. The second kappa shape index (κ2) is 4.39. The molecule has 0 aliphatic rings. The Morgan fingerprint density at radius 3 is 2.56 bits per heavy atom. The van der Waals surface area contributed by atoms with Crippen molar-refractivity contribution in [3.63, 3.8) is 0 Å². The Hall–Kier alpha value is -0.500. The van der Waals surface area contributed by atoms with E-state index in [0.717, 1.165) is 18.5 Å². The molecule has 0 aliphatic heterocycles. The molecule has 0 aromatic rings. The summed E-state index contributed by atoms with van der Waals surface area (Å²) in [4.78, 5) is 0. The van der Waals surface area contributed by atoms with Crippen LogP contribution in [0.2, 0.25) is 0 Å². The summed E-state index contributed by atoms with van der Waals surface area (Å²) in [5.41, 5.74) is 11.8. The Bertz CT molecular complexity index is 95.1. The van der Waals surface area contributed by atoms with E-state index in [1.165, 1.54) is 0 Å². The van der Waals surface area contributed by atoms with Crippen molar-refractivity contribution in [2.75, 3.05) is 0 Å². The van der Waals surface area contributed by atoms with Crippen LogP contribution in [-0.2, 0) is 0 Å². The molecule has 0 heterocycles. The van der Waals surface area contributed by atoms with E-state index in [1.54, 1.807) is 0 Å². The van der Waals surface area contributed by atoms with E-state index in [0.29, 0.717) is 0 Å². The molecule has 9 heavy (non-hydrogen) atoms. The summed E-state index contributed by atoms with van der Waals surface area (Å²) in [5.74, 6) is 0. The van der Waals surface area contributed by atoms with Crippen molar-refractivity contribution in [2.24, 2.45) is 11.5 Å². The van der Waals surface area contributed by atoms with Crippen molar-refractivity contribution in [2.45, 2.75) is 32.7 Å². The van der Waals surface area contributed by atoms with Crippen LogP contribution in [0.5, 0.6) is 0 Å². The largest absolute Gasteiger partial charge is 0.401 e. The molecular weight excluding hydrogens is 112 g/mol. The van der Waals surface area contributed by atoms with Crippen molar-refractivity contribution >= 4 is 0 Å². The van der Waals surface area contributed by atoms with Crippen LogP contribution in [0.4, 0.5) is 0 Å². The van der Waals surface area contributed by atoms with Gasteiger partial charge in [-0.05, 0) is 13.3 Å². The van der Waals surface area contributed by atoms with Gasteiger partial charge >= 0.3 is 0 Å². The first kappa shape index (κ1) is 8.50. The average molecular weight is 128 g/mol. The van der Waals surface area contributed by atoms with Gasteiger partial charge in [0.2, 0.25) is 0 Å². The lowest BCUT2D eigenvalue weighted by Gasteiger charge is -2.03. The molecule has 0 aliphatic carbocycles. The van der Waals surface area contributed by atoms with Gasteiger partial charge in [0.05, 0.1) is 0 Å². The summed E-state index contributed by atoms with van der Waals surface area (Å²) >= 11 is 0. The van der Waals surface area contributed by atoms with E-state index < -0.39 is 0 Å². The second-order valence-electron chi connectivity index (χ2n) is 2.28. The van der Waals surface area contributed by atoms with E-state index in [1.807, 2.05) is 13.0 Å². The highest BCUT2D eigenvalue weighted by Crippen LogP contribution is 1.94. The Kier molecular flexibility index (Phi) is 4.14. The first-order valence-corrected chi connectivity index (χ1v) is 3.39. The molecule has 54 valence electrons. The third-order valence-corrected chi connectivity index (χ3v) is 1.19. The van der Waals surface area contributed by atoms with Gasteiger partial charge in [0.15, 0.2) is 0 Å². The maximum absolute atomic E-state index is 5.54. The normalized spacial score (nSPS) is 15.7. The van der Waals surface area contributed by atoms with Crippen LogP contribution < -0.4 is 11.5 Å². The molecule has 0 radical (unpaired) electrons. The van der Waals surface area contributed by atoms with Gasteiger partial charge in [0.1, 0.15) is 0 Å². The van der Waals surface area contributed by atoms with Crippen LogP contribution in [0.3, 0.4) is 0 Å². The van der Waals surface area contributed by atoms with Crippen LogP contribution in [0.1, 0.15) is 26.7 Å². The highest BCUT2D eigenvalue weighted by Gasteiger charge is 1.93. The van der Waals surface area contributed by atoms with Crippen molar-refractivity contribution in [3.8, 4) is 0 Å². The van der Waals surface area contributed by atoms with Gasteiger partial charge in [-0.3, -0.25) is 0 Å². The molecule has 2 nitrogen and oxygen atoms in total. The zero-order valence-electron chi connectivity index (χ0n) is 6.22. The van der Waals surface area contributed by atoms with Crippen LogP contribution >= 0.6 is 0 Å². The van der Waals surface area contributed by atoms with E-state index >= 15 is 0 Å². The topological polar surface area (TPSA) is 52.0 Å². The van der Waals surface area contributed by atoms with E-state index in [9.17, 15) is 0 Å². The summed E-state index contributed by atoms with van der Waals surface area (Å²) in [6.07, 6.45) is 4.16.